The average Bonchev–Trinajstić information content (AvgIpc) is 2.53. The van der Waals surface area contributed by atoms with Crippen LogP contribution >= 0.6 is 0 Å². The van der Waals surface area contributed by atoms with Gasteiger partial charge in [-0.15, -0.1) is 0 Å². The van der Waals surface area contributed by atoms with Crippen molar-refractivity contribution in [1.82, 2.24) is 10.0 Å². The van der Waals surface area contributed by atoms with Crippen molar-refractivity contribution < 1.29 is 23.1 Å². The molecule has 1 aromatic rings. The van der Waals surface area contributed by atoms with E-state index in [2.05, 4.69) is 10.0 Å². The highest BCUT2D eigenvalue weighted by Crippen LogP contribution is 2.24. The number of carboxylic acid groups (broad SMARTS) is 1. The Balaban J connectivity index is 1.84. The second-order valence-corrected chi connectivity index (χ2v) is 9.03. The lowest BCUT2D eigenvalue weighted by atomic mass is 9.86. The Kier molecular flexibility index (Phi) is 7.00. The summed E-state index contributed by atoms with van der Waals surface area (Å²) in [4.78, 5) is 23.3. The molecule has 150 valence electrons. The second kappa shape index (κ2) is 8.84. The van der Waals surface area contributed by atoms with Gasteiger partial charge < -0.3 is 10.4 Å². The van der Waals surface area contributed by atoms with Crippen molar-refractivity contribution in [2.24, 2.45) is 5.92 Å². The third kappa shape index (κ3) is 5.77. The van der Waals surface area contributed by atoms with Gasteiger partial charge in [0.1, 0.15) is 0 Å². The van der Waals surface area contributed by atoms with Gasteiger partial charge in [-0.25, -0.2) is 13.1 Å². The molecule has 7 nitrogen and oxygen atoms in total. The molecule has 27 heavy (non-hydrogen) atoms. The van der Waals surface area contributed by atoms with Crippen LogP contribution in [0.5, 0.6) is 0 Å². The van der Waals surface area contributed by atoms with E-state index in [0.29, 0.717) is 36.8 Å². The van der Waals surface area contributed by atoms with Crippen molar-refractivity contribution in [1.29, 1.82) is 0 Å². The molecule has 1 fully saturated rings. The fraction of sp³-hybridized carbons (Fsp3) is 0.579. The number of benzene rings is 1. The maximum atomic E-state index is 12.6. The van der Waals surface area contributed by atoms with Crippen LogP contribution in [0.3, 0.4) is 0 Å². The molecular formula is C19H28N2O5S. The summed E-state index contributed by atoms with van der Waals surface area (Å²) in [6, 6.07) is 3.61. The van der Waals surface area contributed by atoms with Gasteiger partial charge in [0.15, 0.2) is 0 Å². The fourth-order valence-corrected chi connectivity index (χ4v) is 5.23. The molecule has 0 aromatic heterocycles. The average molecular weight is 397 g/mol. The summed E-state index contributed by atoms with van der Waals surface area (Å²) in [7, 11) is -3.68. The SMILES string of the molecule is Cc1cc(C)c(S(=O)(=O)NCCC(=O)NC2CCC(C(=O)O)CC2)c(C)c1. The minimum absolute atomic E-state index is 0.0192. The largest absolute Gasteiger partial charge is 0.481 e. The number of aliphatic carboxylic acids is 1. The lowest BCUT2D eigenvalue weighted by molar-refractivity contribution is -0.142. The number of aryl methyl sites for hydroxylation is 3. The molecule has 8 heteroatoms. The van der Waals surface area contributed by atoms with Gasteiger partial charge in [-0.05, 0) is 57.6 Å². The molecule has 0 saturated heterocycles. The van der Waals surface area contributed by atoms with Crippen LogP contribution < -0.4 is 10.0 Å². The zero-order valence-corrected chi connectivity index (χ0v) is 16.9. The zero-order valence-electron chi connectivity index (χ0n) is 16.0. The predicted molar refractivity (Wildman–Crippen MR) is 102 cm³/mol. The number of amides is 1. The van der Waals surface area contributed by atoms with Crippen molar-refractivity contribution in [3.05, 3.63) is 28.8 Å². The highest BCUT2D eigenvalue weighted by atomic mass is 32.2. The minimum atomic E-state index is -3.68. The Morgan fingerprint density at radius 1 is 1.07 bits per heavy atom. The first kappa shape index (κ1) is 21.4. The molecule has 1 aromatic carbocycles. The van der Waals surface area contributed by atoms with E-state index in [0.717, 1.165) is 5.56 Å². The van der Waals surface area contributed by atoms with E-state index in [1.54, 1.807) is 13.8 Å². The minimum Gasteiger partial charge on any atom is -0.481 e. The highest BCUT2D eigenvalue weighted by Gasteiger charge is 2.26. The van der Waals surface area contributed by atoms with E-state index >= 15 is 0 Å². The van der Waals surface area contributed by atoms with Crippen LogP contribution in [0, 0.1) is 26.7 Å². The van der Waals surface area contributed by atoms with Crippen molar-refractivity contribution in [2.45, 2.75) is 63.8 Å². The van der Waals surface area contributed by atoms with Crippen LogP contribution in [0.15, 0.2) is 17.0 Å². The van der Waals surface area contributed by atoms with Crippen molar-refractivity contribution >= 4 is 21.9 Å². The smallest absolute Gasteiger partial charge is 0.306 e. The van der Waals surface area contributed by atoms with E-state index in [1.807, 2.05) is 19.1 Å². The van der Waals surface area contributed by atoms with Gasteiger partial charge >= 0.3 is 5.97 Å². The molecule has 1 aliphatic carbocycles. The number of hydrogen-bond acceptors (Lipinski definition) is 4. The molecule has 1 saturated carbocycles. The first-order valence-electron chi connectivity index (χ1n) is 9.20. The number of sulfonamides is 1. The molecule has 0 aliphatic heterocycles. The summed E-state index contributed by atoms with van der Waals surface area (Å²) in [6.45, 7) is 5.45. The summed E-state index contributed by atoms with van der Waals surface area (Å²) in [6.07, 6.45) is 2.42. The lowest BCUT2D eigenvalue weighted by Crippen LogP contribution is -2.40. The number of carboxylic acids is 1. The third-order valence-corrected chi connectivity index (χ3v) is 6.72. The monoisotopic (exact) mass is 396 g/mol. The summed E-state index contributed by atoms with van der Waals surface area (Å²) in [5.41, 5.74) is 2.36. The summed E-state index contributed by atoms with van der Waals surface area (Å²) in [5.74, 6) is -1.34. The molecular weight excluding hydrogens is 368 g/mol. The molecule has 2 rings (SSSR count). The summed E-state index contributed by atoms with van der Waals surface area (Å²) in [5, 5.41) is 11.9. The Bertz CT molecular complexity index is 788. The first-order chi connectivity index (χ1) is 12.6. The van der Waals surface area contributed by atoms with E-state index < -0.39 is 16.0 Å². The van der Waals surface area contributed by atoms with E-state index in [1.165, 1.54) is 0 Å². The van der Waals surface area contributed by atoms with Crippen LogP contribution in [0.1, 0.15) is 48.8 Å². The predicted octanol–water partition coefficient (Wildman–Crippen LogP) is 2.04. The number of carbonyl (C=O) groups excluding carboxylic acids is 1. The highest BCUT2D eigenvalue weighted by molar-refractivity contribution is 7.89. The number of hydrogen-bond donors (Lipinski definition) is 3. The quantitative estimate of drug-likeness (QED) is 0.653. The number of carbonyl (C=O) groups is 2. The Labute approximate surface area is 160 Å². The van der Waals surface area contributed by atoms with Gasteiger partial charge in [-0.2, -0.15) is 0 Å². The van der Waals surface area contributed by atoms with E-state index in [-0.39, 0.29) is 35.7 Å². The Morgan fingerprint density at radius 2 is 1.63 bits per heavy atom. The molecule has 0 radical (unpaired) electrons. The van der Waals surface area contributed by atoms with Crippen molar-refractivity contribution in [3.63, 3.8) is 0 Å². The molecule has 3 N–H and O–H groups in total. The maximum absolute atomic E-state index is 12.6. The number of nitrogens with one attached hydrogen (secondary N) is 2. The van der Waals surface area contributed by atoms with E-state index in [9.17, 15) is 18.0 Å². The van der Waals surface area contributed by atoms with Crippen LogP contribution in [0.2, 0.25) is 0 Å². The fourth-order valence-electron chi connectivity index (χ4n) is 3.75. The van der Waals surface area contributed by atoms with Gasteiger partial charge in [-0.1, -0.05) is 17.7 Å². The van der Waals surface area contributed by atoms with Gasteiger partial charge in [0.2, 0.25) is 15.9 Å². The van der Waals surface area contributed by atoms with Crippen LogP contribution in [-0.2, 0) is 19.6 Å². The third-order valence-electron chi connectivity index (χ3n) is 4.96. The summed E-state index contributed by atoms with van der Waals surface area (Å²) >= 11 is 0. The topological polar surface area (TPSA) is 113 Å². The van der Waals surface area contributed by atoms with Gasteiger partial charge in [0, 0.05) is 19.0 Å². The number of rotatable bonds is 7. The normalized spacial score (nSPS) is 20.3. The van der Waals surface area contributed by atoms with E-state index in [4.69, 9.17) is 5.11 Å². The zero-order chi connectivity index (χ0) is 20.2. The van der Waals surface area contributed by atoms with Crippen LogP contribution in [-0.4, -0.2) is 38.0 Å². The van der Waals surface area contributed by atoms with Gasteiger partial charge in [0.25, 0.3) is 0 Å². The Morgan fingerprint density at radius 3 is 2.15 bits per heavy atom. The van der Waals surface area contributed by atoms with Gasteiger partial charge in [0.05, 0.1) is 10.8 Å². The van der Waals surface area contributed by atoms with Crippen molar-refractivity contribution in [3.8, 4) is 0 Å². The molecule has 0 bridgehead atoms. The maximum Gasteiger partial charge on any atom is 0.306 e. The lowest BCUT2D eigenvalue weighted by Gasteiger charge is -2.26. The standard InChI is InChI=1S/C19H28N2O5S/c1-12-10-13(2)18(14(3)11-12)27(25,26)20-9-8-17(22)21-16-6-4-15(5-7-16)19(23)24/h10-11,15-16,20H,4-9H2,1-3H3,(H,21,22)(H,23,24). The molecule has 1 amide bonds. The van der Waals surface area contributed by atoms with Gasteiger partial charge in [-0.3, -0.25) is 9.59 Å². The molecule has 0 spiro atoms. The first-order valence-corrected chi connectivity index (χ1v) is 10.7. The molecule has 0 heterocycles. The second-order valence-electron chi connectivity index (χ2n) is 7.33. The molecule has 0 atom stereocenters. The summed E-state index contributed by atoms with van der Waals surface area (Å²) < 4.78 is 27.6. The Hall–Kier alpha value is -1.93. The molecule has 0 unspecified atom stereocenters. The van der Waals surface area contributed by atoms with Crippen LogP contribution in [0.4, 0.5) is 0 Å². The van der Waals surface area contributed by atoms with Crippen molar-refractivity contribution in [2.75, 3.05) is 6.54 Å². The van der Waals surface area contributed by atoms with Crippen LogP contribution in [0.25, 0.3) is 0 Å². The molecule has 1 aliphatic rings.